The molecule has 2 unspecified atom stereocenters. The fraction of sp³-hybridized carbons (Fsp3) is 0.889. The summed E-state index contributed by atoms with van der Waals surface area (Å²) in [6.45, 7) is 2.63. The minimum absolute atomic E-state index is 0.0200. The maximum Gasteiger partial charge on any atom is 0.315 e. The molecule has 1 aliphatic carbocycles. The number of hydrogen-bond donors (Lipinski definition) is 2. The molecule has 1 aliphatic rings. The minimum atomic E-state index is -0.0200. The summed E-state index contributed by atoms with van der Waals surface area (Å²) < 4.78 is 0. The molecule has 76 valence electrons. The van der Waals surface area contributed by atoms with Crippen LogP contribution in [-0.2, 0) is 0 Å². The summed E-state index contributed by atoms with van der Waals surface area (Å²) in [7, 11) is 0. The van der Waals surface area contributed by atoms with Crippen molar-refractivity contribution in [3.8, 4) is 0 Å². The molecule has 2 amide bonds. The molecular formula is C9H18N2OS. The van der Waals surface area contributed by atoms with E-state index < -0.39 is 0 Å². The van der Waals surface area contributed by atoms with Gasteiger partial charge in [0, 0.05) is 17.8 Å². The molecule has 13 heavy (non-hydrogen) atoms. The van der Waals surface area contributed by atoms with Gasteiger partial charge in [-0.2, -0.15) is 11.8 Å². The van der Waals surface area contributed by atoms with Gasteiger partial charge in [-0.1, -0.05) is 6.42 Å². The molecule has 1 saturated carbocycles. The predicted octanol–water partition coefficient (Wildman–Crippen LogP) is 1.59. The van der Waals surface area contributed by atoms with E-state index in [1.54, 1.807) is 0 Å². The first kappa shape index (κ1) is 10.7. The van der Waals surface area contributed by atoms with Crippen LogP contribution in [-0.4, -0.2) is 30.1 Å². The molecule has 2 N–H and O–H groups in total. The lowest BCUT2D eigenvalue weighted by molar-refractivity contribution is 0.238. The van der Waals surface area contributed by atoms with Crippen molar-refractivity contribution in [3.63, 3.8) is 0 Å². The number of amides is 2. The van der Waals surface area contributed by atoms with Crippen molar-refractivity contribution in [3.05, 3.63) is 0 Å². The van der Waals surface area contributed by atoms with Gasteiger partial charge < -0.3 is 10.6 Å². The highest BCUT2D eigenvalue weighted by Gasteiger charge is 2.27. The van der Waals surface area contributed by atoms with Crippen LogP contribution in [0.4, 0.5) is 4.79 Å². The van der Waals surface area contributed by atoms with Crippen LogP contribution >= 0.6 is 11.8 Å². The van der Waals surface area contributed by atoms with E-state index in [1.807, 2.05) is 18.7 Å². The van der Waals surface area contributed by atoms with Gasteiger partial charge in [0.1, 0.15) is 0 Å². The molecular weight excluding hydrogens is 184 g/mol. The molecule has 0 bridgehead atoms. The number of nitrogens with one attached hydrogen (secondary N) is 2. The summed E-state index contributed by atoms with van der Waals surface area (Å²) in [6.07, 6.45) is 5.71. The standard InChI is InChI=1S/C9H18N2OS/c1-3-10-9(12)11-7-5-4-6-8(7)13-2/h7-8H,3-6H2,1-2H3,(H2,10,11,12). The average Bonchev–Trinajstić information content (AvgIpc) is 2.52. The van der Waals surface area contributed by atoms with Crippen LogP contribution in [0.2, 0.25) is 0 Å². The lowest BCUT2D eigenvalue weighted by Gasteiger charge is -2.18. The van der Waals surface area contributed by atoms with Gasteiger partial charge in [-0.15, -0.1) is 0 Å². The first-order valence-electron chi connectivity index (χ1n) is 4.85. The van der Waals surface area contributed by atoms with E-state index in [-0.39, 0.29) is 6.03 Å². The van der Waals surface area contributed by atoms with E-state index in [4.69, 9.17) is 0 Å². The van der Waals surface area contributed by atoms with E-state index in [0.29, 0.717) is 17.8 Å². The smallest absolute Gasteiger partial charge is 0.315 e. The third-order valence-electron chi connectivity index (χ3n) is 2.41. The fourth-order valence-corrected chi connectivity index (χ4v) is 2.69. The van der Waals surface area contributed by atoms with Crippen molar-refractivity contribution in [2.24, 2.45) is 0 Å². The zero-order valence-corrected chi connectivity index (χ0v) is 9.12. The molecule has 1 rings (SSSR count). The topological polar surface area (TPSA) is 41.1 Å². The Hall–Kier alpha value is -0.380. The monoisotopic (exact) mass is 202 g/mol. The first-order chi connectivity index (χ1) is 6.27. The lowest BCUT2D eigenvalue weighted by Crippen LogP contribution is -2.44. The molecule has 0 aromatic carbocycles. The van der Waals surface area contributed by atoms with Gasteiger partial charge in [0.25, 0.3) is 0 Å². The van der Waals surface area contributed by atoms with E-state index in [0.717, 1.165) is 6.42 Å². The molecule has 4 heteroatoms. The maximum atomic E-state index is 11.2. The van der Waals surface area contributed by atoms with Crippen molar-refractivity contribution in [1.82, 2.24) is 10.6 Å². The Balaban J connectivity index is 2.30. The molecule has 0 aromatic heterocycles. The second-order valence-corrected chi connectivity index (χ2v) is 4.39. The van der Waals surface area contributed by atoms with E-state index >= 15 is 0 Å². The van der Waals surface area contributed by atoms with Crippen molar-refractivity contribution in [2.45, 2.75) is 37.5 Å². The summed E-state index contributed by atoms with van der Waals surface area (Å²) in [4.78, 5) is 11.2. The van der Waals surface area contributed by atoms with Crippen molar-refractivity contribution in [2.75, 3.05) is 12.8 Å². The van der Waals surface area contributed by atoms with Gasteiger partial charge in [0.15, 0.2) is 0 Å². The third-order valence-corrected chi connectivity index (χ3v) is 3.58. The quantitative estimate of drug-likeness (QED) is 0.729. The highest BCUT2D eigenvalue weighted by Crippen LogP contribution is 2.28. The maximum absolute atomic E-state index is 11.2. The Morgan fingerprint density at radius 3 is 2.92 bits per heavy atom. The van der Waals surface area contributed by atoms with Gasteiger partial charge in [-0.3, -0.25) is 0 Å². The Kier molecular flexibility index (Phi) is 4.42. The number of urea groups is 1. The van der Waals surface area contributed by atoms with E-state index in [1.165, 1.54) is 12.8 Å². The highest BCUT2D eigenvalue weighted by atomic mass is 32.2. The van der Waals surface area contributed by atoms with E-state index in [2.05, 4.69) is 16.9 Å². The Morgan fingerprint density at radius 2 is 2.31 bits per heavy atom. The second-order valence-electron chi connectivity index (χ2n) is 3.32. The van der Waals surface area contributed by atoms with Crippen LogP contribution < -0.4 is 10.6 Å². The Labute approximate surface area is 84.0 Å². The largest absolute Gasteiger partial charge is 0.338 e. The molecule has 0 aliphatic heterocycles. The molecule has 0 heterocycles. The second kappa shape index (κ2) is 5.37. The van der Waals surface area contributed by atoms with Crippen LogP contribution in [0.25, 0.3) is 0 Å². The zero-order valence-electron chi connectivity index (χ0n) is 8.30. The molecule has 0 saturated heterocycles. The van der Waals surface area contributed by atoms with Gasteiger partial charge in [0.05, 0.1) is 0 Å². The summed E-state index contributed by atoms with van der Waals surface area (Å²) in [5, 5.41) is 6.38. The first-order valence-corrected chi connectivity index (χ1v) is 6.14. The summed E-state index contributed by atoms with van der Waals surface area (Å²) >= 11 is 1.86. The summed E-state index contributed by atoms with van der Waals surface area (Å²) in [5.74, 6) is 0. The summed E-state index contributed by atoms with van der Waals surface area (Å²) in [5.41, 5.74) is 0. The summed E-state index contributed by atoms with van der Waals surface area (Å²) in [6, 6.07) is 0.356. The van der Waals surface area contributed by atoms with Crippen LogP contribution in [0.15, 0.2) is 0 Å². The molecule has 1 fully saturated rings. The lowest BCUT2D eigenvalue weighted by atomic mass is 10.2. The number of rotatable bonds is 3. The SMILES string of the molecule is CCNC(=O)NC1CCCC1SC. The minimum Gasteiger partial charge on any atom is -0.338 e. The normalized spacial score (nSPS) is 27.2. The van der Waals surface area contributed by atoms with Gasteiger partial charge in [0.2, 0.25) is 0 Å². The number of hydrogen-bond acceptors (Lipinski definition) is 2. The van der Waals surface area contributed by atoms with Crippen molar-refractivity contribution in [1.29, 1.82) is 0 Å². The molecule has 0 spiro atoms. The van der Waals surface area contributed by atoms with Crippen LogP contribution in [0.5, 0.6) is 0 Å². The van der Waals surface area contributed by atoms with Crippen molar-refractivity contribution >= 4 is 17.8 Å². The third kappa shape index (κ3) is 3.10. The Bertz CT molecular complexity index is 175. The average molecular weight is 202 g/mol. The van der Waals surface area contributed by atoms with Crippen molar-refractivity contribution < 1.29 is 4.79 Å². The number of carbonyl (C=O) groups excluding carboxylic acids is 1. The van der Waals surface area contributed by atoms with E-state index in [9.17, 15) is 4.79 Å². The predicted molar refractivity (Wildman–Crippen MR) is 57.2 cm³/mol. The number of thioether (sulfide) groups is 1. The van der Waals surface area contributed by atoms with Gasteiger partial charge in [-0.25, -0.2) is 4.79 Å². The Morgan fingerprint density at radius 1 is 1.54 bits per heavy atom. The molecule has 3 nitrogen and oxygen atoms in total. The number of carbonyl (C=O) groups is 1. The van der Waals surface area contributed by atoms with Crippen LogP contribution in [0.3, 0.4) is 0 Å². The fourth-order valence-electron chi connectivity index (χ4n) is 1.75. The highest BCUT2D eigenvalue weighted by molar-refractivity contribution is 7.99. The van der Waals surface area contributed by atoms with Crippen LogP contribution in [0.1, 0.15) is 26.2 Å². The molecule has 2 atom stereocenters. The van der Waals surface area contributed by atoms with Gasteiger partial charge >= 0.3 is 6.03 Å². The van der Waals surface area contributed by atoms with Gasteiger partial charge in [-0.05, 0) is 26.0 Å². The van der Waals surface area contributed by atoms with Crippen LogP contribution in [0, 0.1) is 0 Å². The zero-order chi connectivity index (χ0) is 9.68. The molecule has 0 aromatic rings. The molecule has 0 radical (unpaired) electrons.